The van der Waals surface area contributed by atoms with Crippen LogP contribution >= 0.6 is 0 Å². The lowest BCUT2D eigenvalue weighted by molar-refractivity contribution is 0.104. The van der Waals surface area contributed by atoms with Crippen LogP contribution < -0.4 is 0 Å². The smallest absolute Gasteiger partial charge is 0.189 e. The SMILES string of the molecule is Cc1ccc(C(=O)C=Cc2cc3ccccc3o2)c(O)c1. The number of carbonyl (C=O) groups excluding carboxylic acids is 1. The van der Waals surface area contributed by atoms with E-state index in [9.17, 15) is 9.90 Å². The van der Waals surface area contributed by atoms with E-state index in [1.54, 1.807) is 24.3 Å². The molecular weight excluding hydrogens is 264 g/mol. The van der Waals surface area contributed by atoms with Crippen molar-refractivity contribution in [2.75, 3.05) is 0 Å². The minimum absolute atomic E-state index is 0.00532. The van der Waals surface area contributed by atoms with Crippen molar-refractivity contribution in [2.24, 2.45) is 0 Å². The summed E-state index contributed by atoms with van der Waals surface area (Å²) in [7, 11) is 0. The Bertz CT molecular complexity index is 808. The van der Waals surface area contributed by atoms with E-state index in [4.69, 9.17) is 4.42 Å². The van der Waals surface area contributed by atoms with Gasteiger partial charge < -0.3 is 9.52 Å². The molecule has 0 radical (unpaired) electrons. The summed E-state index contributed by atoms with van der Waals surface area (Å²) in [5.74, 6) is 0.346. The molecule has 0 unspecified atom stereocenters. The van der Waals surface area contributed by atoms with E-state index < -0.39 is 0 Å². The number of carbonyl (C=O) groups is 1. The van der Waals surface area contributed by atoms with Crippen molar-refractivity contribution < 1.29 is 14.3 Å². The number of fused-ring (bicyclic) bond motifs is 1. The van der Waals surface area contributed by atoms with Crippen molar-refractivity contribution in [3.63, 3.8) is 0 Å². The van der Waals surface area contributed by atoms with Crippen LogP contribution in [0.15, 0.2) is 59.0 Å². The molecule has 3 nitrogen and oxygen atoms in total. The summed E-state index contributed by atoms with van der Waals surface area (Å²) in [5.41, 5.74) is 1.97. The molecule has 1 N–H and O–H groups in total. The molecule has 0 saturated carbocycles. The highest BCUT2D eigenvalue weighted by molar-refractivity contribution is 6.08. The van der Waals surface area contributed by atoms with Crippen LogP contribution in [0, 0.1) is 6.92 Å². The summed E-state index contributed by atoms with van der Waals surface area (Å²) in [6.07, 6.45) is 3.02. The molecule has 2 aromatic carbocycles. The van der Waals surface area contributed by atoms with Crippen molar-refractivity contribution in [1.29, 1.82) is 0 Å². The van der Waals surface area contributed by atoms with E-state index >= 15 is 0 Å². The van der Waals surface area contributed by atoms with Crippen molar-refractivity contribution in [3.8, 4) is 5.75 Å². The molecule has 1 heterocycles. The van der Waals surface area contributed by atoms with Crippen molar-refractivity contribution in [3.05, 3.63) is 71.5 Å². The van der Waals surface area contributed by atoms with Gasteiger partial charge in [-0.3, -0.25) is 4.79 Å². The maximum Gasteiger partial charge on any atom is 0.189 e. The molecule has 0 amide bonds. The summed E-state index contributed by atoms with van der Waals surface area (Å²) in [6, 6.07) is 14.5. The number of benzene rings is 2. The number of aromatic hydroxyl groups is 1. The predicted octanol–water partition coefficient (Wildman–Crippen LogP) is 4.34. The van der Waals surface area contributed by atoms with E-state index in [0.29, 0.717) is 5.76 Å². The van der Waals surface area contributed by atoms with Gasteiger partial charge in [-0.15, -0.1) is 0 Å². The zero-order chi connectivity index (χ0) is 14.8. The zero-order valence-electron chi connectivity index (χ0n) is 11.5. The average Bonchev–Trinajstić information content (AvgIpc) is 2.87. The van der Waals surface area contributed by atoms with Crippen molar-refractivity contribution >= 4 is 22.8 Å². The standard InChI is InChI=1S/C18H14O3/c1-12-6-8-15(17(20)10-12)16(19)9-7-14-11-13-4-2-3-5-18(13)21-14/h2-11,20H,1H3. The lowest BCUT2D eigenvalue weighted by atomic mass is 10.1. The van der Waals surface area contributed by atoms with Crippen LogP contribution in [0.2, 0.25) is 0 Å². The van der Waals surface area contributed by atoms with Crippen molar-refractivity contribution in [1.82, 2.24) is 0 Å². The third kappa shape index (κ3) is 2.72. The first-order chi connectivity index (χ1) is 10.1. The number of hydrogen-bond acceptors (Lipinski definition) is 3. The molecular formula is C18H14O3. The molecule has 104 valence electrons. The third-order valence-electron chi connectivity index (χ3n) is 3.26. The molecule has 0 aliphatic rings. The highest BCUT2D eigenvalue weighted by Gasteiger charge is 2.08. The highest BCUT2D eigenvalue weighted by Crippen LogP contribution is 2.22. The Kier molecular flexibility index (Phi) is 3.32. The number of aryl methyl sites for hydroxylation is 1. The number of phenolic OH excluding ortho intramolecular Hbond substituents is 1. The molecule has 3 aromatic rings. The zero-order valence-corrected chi connectivity index (χ0v) is 11.5. The molecule has 0 atom stereocenters. The first-order valence-electron chi connectivity index (χ1n) is 6.64. The topological polar surface area (TPSA) is 50.4 Å². The lowest BCUT2D eigenvalue weighted by Crippen LogP contribution is -1.94. The molecule has 0 bridgehead atoms. The minimum Gasteiger partial charge on any atom is -0.507 e. The van der Waals surface area contributed by atoms with Gasteiger partial charge in [-0.2, -0.15) is 0 Å². The molecule has 0 aliphatic heterocycles. The van der Waals surface area contributed by atoms with Crippen LogP contribution in [0.1, 0.15) is 21.7 Å². The number of rotatable bonds is 3. The van der Waals surface area contributed by atoms with Crippen LogP contribution in [0.5, 0.6) is 5.75 Å². The van der Waals surface area contributed by atoms with E-state index in [1.165, 1.54) is 6.08 Å². The fourth-order valence-corrected chi connectivity index (χ4v) is 2.18. The summed E-state index contributed by atoms with van der Waals surface area (Å²) in [4.78, 5) is 12.1. The van der Waals surface area contributed by atoms with Crippen LogP contribution in [-0.4, -0.2) is 10.9 Å². The number of para-hydroxylation sites is 1. The predicted molar refractivity (Wildman–Crippen MR) is 82.4 cm³/mol. The Labute approximate surface area is 122 Å². The first-order valence-corrected chi connectivity index (χ1v) is 6.64. The second-order valence-corrected chi connectivity index (χ2v) is 4.90. The minimum atomic E-state index is -0.257. The van der Waals surface area contributed by atoms with Gasteiger partial charge in [0, 0.05) is 5.39 Å². The summed E-state index contributed by atoms with van der Waals surface area (Å²) >= 11 is 0. The van der Waals surface area contributed by atoms with Gasteiger partial charge in [0.15, 0.2) is 5.78 Å². The fourth-order valence-electron chi connectivity index (χ4n) is 2.18. The molecule has 3 rings (SSSR count). The van der Waals surface area contributed by atoms with Gasteiger partial charge in [0.05, 0.1) is 5.56 Å². The Morgan fingerprint density at radius 1 is 1.14 bits per heavy atom. The fraction of sp³-hybridized carbons (Fsp3) is 0.0556. The Morgan fingerprint density at radius 3 is 2.71 bits per heavy atom. The van der Waals surface area contributed by atoms with E-state index in [2.05, 4.69) is 0 Å². The van der Waals surface area contributed by atoms with Crippen LogP contribution in [-0.2, 0) is 0 Å². The first kappa shape index (κ1) is 13.2. The van der Waals surface area contributed by atoms with Gasteiger partial charge in [-0.1, -0.05) is 24.3 Å². The van der Waals surface area contributed by atoms with Gasteiger partial charge in [-0.25, -0.2) is 0 Å². The Morgan fingerprint density at radius 2 is 1.95 bits per heavy atom. The largest absolute Gasteiger partial charge is 0.507 e. The summed E-state index contributed by atoms with van der Waals surface area (Å²) in [5, 5.41) is 10.8. The van der Waals surface area contributed by atoms with Gasteiger partial charge in [0.1, 0.15) is 17.1 Å². The lowest BCUT2D eigenvalue weighted by Gasteiger charge is -2.01. The van der Waals surface area contributed by atoms with Crippen LogP contribution in [0.3, 0.4) is 0 Å². The van der Waals surface area contributed by atoms with E-state index in [0.717, 1.165) is 16.5 Å². The summed E-state index contributed by atoms with van der Waals surface area (Å²) in [6.45, 7) is 1.86. The maximum atomic E-state index is 12.1. The Hall–Kier alpha value is -2.81. The van der Waals surface area contributed by atoms with Crippen LogP contribution in [0.4, 0.5) is 0 Å². The van der Waals surface area contributed by atoms with Gasteiger partial charge in [0.2, 0.25) is 0 Å². The summed E-state index contributed by atoms with van der Waals surface area (Å²) < 4.78 is 5.60. The molecule has 3 heteroatoms. The van der Waals surface area contributed by atoms with Gasteiger partial charge >= 0.3 is 0 Å². The van der Waals surface area contributed by atoms with Gasteiger partial charge in [-0.05, 0) is 48.9 Å². The maximum absolute atomic E-state index is 12.1. The number of ketones is 1. The van der Waals surface area contributed by atoms with Crippen molar-refractivity contribution in [2.45, 2.75) is 6.92 Å². The van der Waals surface area contributed by atoms with E-state index in [1.807, 2.05) is 37.3 Å². The molecule has 0 saturated heterocycles. The Balaban J connectivity index is 1.86. The third-order valence-corrected chi connectivity index (χ3v) is 3.26. The number of allylic oxidation sites excluding steroid dienone is 1. The monoisotopic (exact) mass is 278 g/mol. The second kappa shape index (κ2) is 5.29. The number of furan rings is 1. The van der Waals surface area contributed by atoms with E-state index in [-0.39, 0.29) is 17.1 Å². The quantitative estimate of drug-likeness (QED) is 0.572. The molecule has 0 fully saturated rings. The molecule has 0 aliphatic carbocycles. The second-order valence-electron chi connectivity index (χ2n) is 4.90. The highest BCUT2D eigenvalue weighted by atomic mass is 16.3. The molecule has 1 aromatic heterocycles. The molecule has 21 heavy (non-hydrogen) atoms. The molecule has 0 spiro atoms. The average molecular weight is 278 g/mol. The van der Waals surface area contributed by atoms with Crippen LogP contribution in [0.25, 0.3) is 17.0 Å². The normalized spacial score (nSPS) is 11.3. The number of hydrogen-bond donors (Lipinski definition) is 1. The number of phenols is 1. The van der Waals surface area contributed by atoms with Gasteiger partial charge in [0.25, 0.3) is 0 Å².